The van der Waals surface area contributed by atoms with E-state index in [0.29, 0.717) is 5.56 Å². The van der Waals surface area contributed by atoms with E-state index < -0.39 is 0 Å². The highest BCUT2D eigenvalue weighted by Crippen LogP contribution is 2.29. The van der Waals surface area contributed by atoms with Gasteiger partial charge in [0.2, 0.25) is 0 Å². The van der Waals surface area contributed by atoms with Crippen LogP contribution in [0.25, 0.3) is 10.8 Å². The Morgan fingerprint density at radius 3 is 2.09 bits per heavy atom. The van der Waals surface area contributed by atoms with E-state index in [2.05, 4.69) is 58.0 Å². The molecule has 0 saturated carbocycles. The van der Waals surface area contributed by atoms with Gasteiger partial charge in [-0.3, -0.25) is 4.79 Å². The molecular weight excluding hydrogens is 398 g/mol. The van der Waals surface area contributed by atoms with Crippen LogP contribution in [0.2, 0.25) is 0 Å². The fourth-order valence-corrected chi connectivity index (χ4v) is 4.85. The molecule has 6 heteroatoms. The van der Waals surface area contributed by atoms with Crippen LogP contribution in [0.5, 0.6) is 0 Å². The number of carbonyl (C=O) groups excluding carboxylic acids is 1. The summed E-state index contributed by atoms with van der Waals surface area (Å²) in [5.74, 6) is 1.09. The molecule has 2 saturated heterocycles. The zero-order chi connectivity index (χ0) is 21.9. The SMILES string of the molecule is CCN1CCN(c2ncc(C(=O)N3CCN(c4ccccc4)CC3)c3ccccc23)CC1. The Labute approximate surface area is 190 Å². The highest BCUT2D eigenvalue weighted by atomic mass is 16.2. The van der Waals surface area contributed by atoms with Crippen LogP contribution in [-0.4, -0.2) is 79.6 Å². The van der Waals surface area contributed by atoms with Crippen LogP contribution in [0.15, 0.2) is 60.8 Å². The van der Waals surface area contributed by atoms with Gasteiger partial charge in [0.15, 0.2) is 0 Å². The molecule has 1 aromatic heterocycles. The summed E-state index contributed by atoms with van der Waals surface area (Å²) in [5.41, 5.74) is 1.93. The standard InChI is InChI=1S/C26H31N5O/c1-2-28-12-14-30(15-13-28)25-23-11-7-6-10-22(23)24(20-27-25)26(32)31-18-16-29(17-19-31)21-8-4-3-5-9-21/h3-11,20H,2,12-19H2,1H3. The number of likely N-dealkylation sites (N-methyl/N-ethyl adjacent to an activating group) is 1. The van der Waals surface area contributed by atoms with Gasteiger partial charge in [-0.15, -0.1) is 0 Å². The molecule has 6 nitrogen and oxygen atoms in total. The van der Waals surface area contributed by atoms with E-state index in [4.69, 9.17) is 4.98 Å². The van der Waals surface area contributed by atoms with Gasteiger partial charge in [0.25, 0.3) is 5.91 Å². The lowest BCUT2D eigenvalue weighted by Crippen LogP contribution is -2.49. The van der Waals surface area contributed by atoms with Gasteiger partial charge in [-0.25, -0.2) is 4.98 Å². The van der Waals surface area contributed by atoms with Gasteiger partial charge in [0, 0.05) is 69.6 Å². The van der Waals surface area contributed by atoms with Gasteiger partial charge in [-0.1, -0.05) is 49.4 Å². The highest BCUT2D eigenvalue weighted by Gasteiger charge is 2.26. The quantitative estimate of drug-likeness (QED) is 0.636. The molecule has 0 spiro atoms. The topological polar surface area (TPSA) is 42.9 Å². The number of para-hydroxylation sites is 1. The predicted octanol–water partition coefficient (Wildman–Crippen LogP) is 3.34. The van der Waals surface area contributed by atoms with Crippen LogP contribution in [0.4, 0.5) is 11.5 Å². The van der Waals surface area contributed by atoms with Crippen molar-refractivity contribution >= 4 is 28.2 Å². The van der Waals surface area contributed by atoms with Crippen molar-refractivity contribution in [3.63, 3.8) is 0 Å². The number of carbonyl (C=O) groups is 1. The van der Waals surface area contributed by atoms with Crippen LogP contribution in [0.3, 0.4) is 0 Å². The number of pyridine rings is 1. The lowest BCUT2D eigenvalue weighted by atomic mass is 10.0. The summed E-state index contributed by atoms with van der Waals surface area (Å²) in [6.45, 7) is 10.5. The zero-order valence-corrected chi connectivity index (χ0v) is 18.8. The molecule has 166 valence electrons. The van der Waals surface area contributed by atoms with E-state index in [1.165, 1.54) is 5.69 Å². The van der Waals surface area contributed by atoms with Gasteiger partial charge in [0.05, 0.1) is 5.56 Å². The summed E-state index contributed by atoms with van der Waals surface area (Å²) in [5, 5.41) is 2.08. The molecule has 32 heavy (non-hydrogen) atoms. The van der Waals surface area contributed by atoms with Crippen molar-refractivity contribution in [2.45, 2.75) is 6.92 Å². The molecule has 0 radical (unpaired) electrons. The van der Waals surface area contributed by atoms with E-state index in [9.17, 15) is 4.79 Å². The third kappa shape index (κ3) is 4.02. The van der Waals surface area contributed by atoms with Gasteiger partial charge in [-0.2, -0.15) is 0 Å². The van der Waals surface area contributed by atoms with Crippen molar-refractivity contribution < 1.29 is 4.79 Å². The van der Waals surface area contributed by atoms with E-state index in [-0.39, 0.29) is 5.91 Å². The molecule has 2 aromatic carbocycles. The first kappa shape index (κ1) is 20.8. The Kier molecular flexibility index (Phi) is 5.95. The molecule has 0 N–H and O–H groups in total. The minimum absolute atomic E-state index is 0.0868. The van der Waals surface area contributed by atoms with Crippen molar-refractivity contribution in [2.24, 2.45) is 0 Å². The summed E-state index contributed by atoms with van der Waals surface area (Å²) in [7, 11) is 0. The molecule has 3 aromatic rings. The number of hydrogen-bond acceptors (Lipinski definition) is 5. The average Bonchev–Trinajstić information content (AvgIpc) is 2.88. The first-order chi connectivity index (χ1) is 15.7. The second-order valence-corrected chi connectivity index (χ2v) is 8.58. The molecule has 3 heterocycles. The third-order valence-corrected chi connectivity index (χ3v) is 6.81. The molecule has 2 aliphatic heterocycles. The number of rotatable bonds is 4. The summed E-state index contributed by atoms with van der Waals surface area (Å²) >= 11 is 0. The highest BCUT2D eigenvalue weighted by molar-refractivity contribution is 6.09. The molecule has 0 bridgehead atoms. The predicted molar refractivity (Wildman–Crippen MR) is 131 cm³/mol. The third-order valence-electron chi connectivity index (χ3n) is 6.81. The maximum atomic E-state index is 13.5. The van der Waals surface area contributed by atoms with Crippen LogP contribution in [-0.2, 0) is 0 Å². The fraction of sp³-hybridized carbons (Fsp3) is 0.385. The molecular formula is C26H31N5O. The lowest BCUT2D eigenvalue weighted by molar-refractivity contribution is 0.0748. The lowest BCUT2D eigenvalue weighted by Gasteiger charge is -2.37. The van der Waals surface area contributed by atoms with E-state index in [1.807, 2.05) is 23.1 Å². The van der Waals surface area contributed by atoms with Crippen molar-refractivity contribution in [3.8, 4) is 0 Å². The minimum atomic E-state index is 0.0868. The Morgan fingerprint density at radius 2 is 1.41 bits per heavy atom. The molecule has 0 atom stereocenters. The first-order valence-electron chi connectivity index (χ1n) is 11.7. The first-order valence-corrected chi connectivity index (χ1v) is 11.7. The fourth-order valence-electron chi connectivity index (χ4n) is 4.85. The summed E-state index contributed by atoms with van der Waals surface area (Å²) in [6.07, 6.45) is 1.80. The largest absolute Gasteiger partial charge is 0.368 e. The van der Waals surface area contributed by atoms with E-state index in [1.54, 1.807) is 6.20 Å². The van der Waals surface area contributed by atoms with Crippen LogP contribution >= 0.6 is 0 Å². The summed E-state index contributed by atoms with van der Waals surface area (Å²) < 4.78 is 0. The maximum Gasteiger partial charge on any atom is 0.256 e. The van der Waals surface area contributed by atoms with Crippen LogP contribution < -0.4 is 9.80 Å². The molecule has 5 rings (SSSR count). The number of amides is 1. The monoisotopic (exact) mass is 429 g/mol. The normalized spacial score (nSPS) is 17.7. The minimum Gasteiger partial charge on any atom is -0.368 e. The average molecular weight is 430 g/mol. The zero-order valence-electron chi connectivity index (χ0n) is 18.8. The Bertz CT molecular complexity index is 1070. The Balaban J connectivity index is 1.35. The maximum absolute atomic E-state index is 13.5. The van der Waals surface area contributed by atoms with E-state index >= 15 is 0 Å². The van der Waals surface area contributed by atoms with Crippen molar-refractivity contribution in [2.75, 3.05) is 68.7 Å². The Morgan fingerprint density at radius 1 is 0.781 bits per heavy atom. The van der Waals surface area contributed by atoms with Crippen LogP contribution in [0.1, 0.15) is 17.3 Å². The van der Waals surface area contributed by atoms with Crippen molar-refractivity contribution in [1.29, 1.82) is 0 Å². The van der Waals surface area contributed by atoms with Gasteiger partial charge in [-0.05, 0) is 24.1 Å². The van der Waals surface area contributed by atoms with Gasteiger partial charge >= 0.3 is 0 Å². The summed E-state index contributed by atoms with van der Waals surface area (Å²) in [4.78, 5) is 27.4. The molecule has 2 fully saturated rings. The number of piperazine rings is 2. The van der Waals surface area contributed by atoms with E-state index in [0.717, 1.165) is 75.5 Å². The second kappa shape index (κ2) is 9.17. The summed E-state index contributed by atoms with van der Waals surface area (Å²) in [6, 6.07) is 18.7. The van der Waals surface area contributed by atoms with Gasteiger partial charge < -0.3 is 19.6 Å². The molecule has 1 amide bonds. The molecule has 0 aliphatic carbocycles. The smallest absolute Gasteiger partial charge is 0.256 e. The Hall–Kier alpha value is -3.12. The number of aromatic nitrogens is 1. The number of hydrogen-bond donors (Lipinski definition) is 0. The number of fused-ring (bicyclic) bond motifs is 1. The van der Waals surface area contributed by atoms with Crippen molar-refractivity contribution in [1.82, 2.24) is 14.8 Å². The van der Waals surface area contributed by atoms with Crippen molar-refractivity contribution in [3.05, 3.63) is 66.4 Å². The van der Waals surface area contributed by atoms with Crippen LogP contribution in [0, 0.1) is 0 Å². The molecule has 2 aliphatic rings. The molecule has 0 unspecified atom stereocenters. The number of nitrogens with zero attached hydrogens (tertiary/aromatic N) is 5. The number of benzene rings is 2. The second-order valence-electron chi connectivity index (χ2n) is 8.58. The number of anilines is 2. The van der Waals surface area contributed by atoms with Gasteiger partial charge in [0.1, 0.15) is 5.82 Å².